The van der Waals surface area contributed by atoms with Crippen molar-refractivity contribution in [1.82, 2.24) is 29.7 Å². The summed E-state index contributed by atoms with van der Waals surface area (Å²) in [6, 6.07) is 4.18. The van der Waals surface area contributed by atoms with Gasteiger partial charge in [0.2, 0.25) is 0 Å². The predicted molar refractivity (Wildman–Crippen MR) is 101 cm³/mol. The van der Waals surface area contributed by atoms with Crippen molar-refractivity contribution in [2.75, 3.05) is 0 Å². The summed E-state index contributed by atoms with van der Waals surface area (Å²) in [6.45, 7) is 5.26. The molecule has 1 N–H and O–H groups in total. The van der Waals surface area contributed by atoms with Gasteiger partial charge in [0.1, 0.15) is 0 Å². The molecule has 6 nitrogen and oxygen atoms in total. The van der Waals surface area contributed by atoms with E-state index in [0.29, 0.717) is 0 Å². The standard InChI is InChI=1S/C20H20N6/c1-12-18(13(2)26(25-12)10-14-3-4-14)16-7-15(8-21-9-16)17-5-6-22-20-19(17)23-11-24-20/h5-9,11,14H,3-4,10H2,1-2H3,(H,22,23,24). The Labute approximate surface area is 151 Å². The number of pyridine rings is 2. The van der Waals surface area contributed by atoms with Gasteiger partial charge in [-0.3, -0.25) is 9.67 Å². The van der Waals surface area contributed by atoms with Gasteiger partial charge in [0.15, 0.2) is 5.65 Å². The Morgan fingerprint density at radius 1 is 1.15 bits per heavy atom. The van der Waals surface area contributed by atoms with Crippen LogP contribution in [-0.2, 0) is 6.54 Å². The van der Waals surface area contributed by atoms with Gasteiger partial charge in [0, 0.05) is 53.1 Å². The lowest BCUT2D eigenvalue weighted by Gasteiger charge is -2.07. The topological polar surface area (TPSA) is 72.3 Å². The summed E-state index contributed by atoms with van der Waals surface area (Å²) in [5, 5.41) is 4.77. The van der Waals surface area contributed by atoms with Crippen LogP contribution in [0.25, 0.3) is 33.4 Å². The summed E-state index contributed by atoms with van der Waals surface area (Å²) in [5.74, 6) is 0.802. The zero-order valence-electron chi connectivity index (χ0n) is 14.9. The van der Waals surface area contributed by atoms with Crippen LogP contribution >= 0.6 is 0 Å². The number of H-pyrrole nitrogens is 1. The fraction of sp³-hybridized carbons (Fsp3) is 0.300. The molecule has 0 aromatic carbocycles. The molecule has 0 radical (unpaired) electrons. The van der Waals surface area contributed by atoms with Crippen LogP contribution in [0.5, 0.6) is 0 Å². The minimum Gasteiger partial charge on any atom is -0.343 e. The summed E-state index contributed by atoms with van der Waals surface area (Å²) in [5.41, 5.74) is 8.33. The van der Waals surface area contributed by atoms with Crippen molar-refractivity contribution in [3.05, 3.63) is 48.4 Å². The molecule has 5 rings (SSSR count). The molecule has 26 heavy (non-hydrogen) atoms. The van der Waals surface area contributed by atoms with Gasteiger partial charge in [-0.1, -0.05) is 0 Å². The van der Waals surface area contributed by atoms with E-state index in [1.807, 2.05) is 18.5 Å². The summed E-state index contributed by atoms with van der Waals surface area (Å²) in [7, 11) is 0. The first-order valence-electron chi connectivity index (χ1n) is 8.98. The van der Waals surface area contributed by atoms with E-state index >= 15 is 0 Å². The summed E-state index contributed by atoms with van der Waals surface area (Å²) >= 11 is 0. The van der Waals surface area contributed by atoms with Gasteiger partial charge >= 0.3 is 0 Å². The number of imidazole rings is 1. The lowest BCUT2D eigenvalue weighted by atomic mass is 10.0. The molecular weight excluding hydrogens is 324 g/mol. The monoisotopic (exact) mass is 344 g/mol. The number of fused-ring (bicyclic) bond motifs is 1. The zero-order chi connectivity index (χ0) is 17.7. The van der Waals surface area contributed by atoms with Crippen molar-refractivity contribution in [3.63, 3.8) is 0 Å². The number of hydrogen-bond donors (Lipinski definition) is 1. The van der Waals surface area contributed by atoms with E-state index < -0.39 is 0 Å². The molecule has 4 aromatic rings. The summed E-state index contributed by atoms with van der Waals surface area (Å²) in [4.78, 5) is 16.2. The third-order valence-electron chi connectivity index (χ3n) is 5.17. The Hall–Kier alpha value is -3.02. The molecular formula is C20H20N6. The third-order valence-corrected chi connectivity index (χ3v) is 5.17. The van der Waals surface area contributed by atoms with E-state index in [4.69, 9.17) is 5.10 Å². The molecule has 1 aliphatic carbocycles. The van der Waals surface area contributed by atoms with Gasteiger partial charge in [0.05, 0.1) is 17.5 Å². The highest BCUT2D eigenvalue weighted by Crippen LogP contribution is 2.34. The first-order chi connectivity index (χ1) is 12.7. The molecule has 1 fully saturated rings. The van der Waals surface area contributed by atoms with Crippen molar-refractivity contribution in [3.8, 4) is 22.3 Å². The number of hydrogen-bond acceptors (Lipinski definition) is 4. The molecule has 1 aliphatic rings. The molecule has 0 atom stereocenters. The molecule has 0 aliphatic heterocycles. The maximum Gasteiger partial charge on any atom is 0.178 e. The number of rotatable bonds is 4. The van der Waals surface area contributed by atoms with Gasteiger partial charge in [-0.15, -0.1) is 0 Å². The Kier molecular flexibility index (Phi) is 3.38. The number of aryl methyl sites for hydroxylation is 1. The van der Waals surface area contributed by atoms with E-state index in [-0.39, 0.29) is 0 Å². The van der Waals surface area contributed by atoms with E-state index in [0.717, 1.165) is 46.0 Å². The smallest absolute Gasteiger partial charge is 0.178 e. The molecule has 0 unspecified atom stereocenters. The Bertz CT molecular complexity index is 1100. The highest BCUT2D eigenvalue weighted by atomic mass is 15.3. The van der Waals surface area contributed by atoms with Crippen LogP contribution in [0.4, 0.5) is 0 Å². The molecule has 0 spiro atoms. The zero-order valence-corrected chi connectivity index (χ0v) is 14.9. The minimum absolute atomic E-state index is 0.720. The second-order valence-corrected chi connectivity index (χ2v) is 7.09. The molecule has 6 heteroatoms. The fourth-order valence-corrected chi connectivity index (χ4v) is 3.65. The largest absolute Gasteiger partial charge is 0.343 e. The van der Waals surface area contributed by atoms with Gasteiger partial charge in [-0.2, -0.15) is 5.10 Å². The van der Waals surface area contributed by atoms with E-state index in [9.17, 15) is 0 Å². The van der Waals surface area contributed by atoms with Crippen LogP contribution in [0.15, 0.2) is 37.1 Å². The highest BCUT2D eigenvalue weighted by molar-refractivity contribution is 5.90. The van der Waals surface area contributed by atoms with Gasteiger partial charge in [-0.05, 0) is 44.7 Å². The number of nitrogens with zero attached hydrogens (tertiary/aromatic N) is 5. The highest BCUT2D eigenvalue weighted by Gasteiger charge is 2.24. The Morgan fingerprint density at radius 2 is 2.00 bits per heavy atom. The van der Waals surface area contributed by atoms with E-state index in [1.54, 1.807) is 12.5 Å². The Morgan fingerprint density at radius 3 is 2.85 bits per heavy atom. The SMILES string of the molecule is Cc1nn(CC2CC2)c(C)c1-c1cncc(-c2ccnc3nc[nH]c23)c1. The van der Waals surface area contributed by atoms with Crippen LogP contribution in [0.2, 0.25) is 0 Å². The third kappa shape index (κ3) is 2.49. The molecule has 0 saturated heterocycles. The fourth-order valence-electron chi connectivity index (χ4n) is 3.65. The molecule has 4 heterocycles. The second-order valence-electron chi connectivity index (χ2n) is 7.09. The van der Waals surface area contributed by atoms with Crippen LogP contribution in [0, 0.1) is 19.8 Å². The second kappa shape index (κ2) is 5.76. The first-order valence-corrected chi connectivity index (χ1v) is 8.98. The maximum atomic E-state index is 4.77. The minimum atomic E-state index is 0.720. The molecule has 0 bridgehead atoms. The van der Waals surface area contributed by atoms with Gasteiger partial charge < -0.3 is 4.98 Å². The van der Waals surface area contributed by atoms with Gasteiger partial charge in [-0.25, -0.2) is 9.97 Å². The lowest BCUT2D eigenvalue weighted by molar-refractivity contribution is 0.547. The normalized spacial score (nSPS) is 14.2. The number of aromatic amines is 1. The lowest BCUT2D eigenvalue weighted by Crippen LogP contribution is -2.04. The van der Waals surface area contributed by atoms with Crippen LogP contribution < -0.4 is 0 Å². The van der Waals surface area contributed by atoms with Crippen molar-refractivity contribution < 1.29 is 0 Å². The quantitative estimate of drug-likeness (QED) is 0.609. The van der Waals surface area contributed by atoms with Gasteiger partial charge in [0.25, 0.3) is 0 Å². The van der Waals surface area contributed by atoms with Crippen molar-refractivity contribution in [1.29, 1.82) is 0 Å². The molecule has 0 amide bonds. The summed E-state index contributed by atoms with van der Waals surface area (Å²) < 4.78 is 2.16. The van der Waals surface area contributed by atoms with Crippen LogP contribution in [0.3, 0.4) is 0 Å². The van der Waals surface area contributed by atoms with Crippen molar-refractivity contribution in [2.45, 2.75) is 33.2 Å². The van der Waals surface area contributed by atoms with Crippen molar-refractivity contribution in [2.24, 2.45) is 5.92 Å². The summed E-state index contributed by atoms with van der Waals surface area (Å²) in [6.07, 6.45) is 9.93. The average molecular weight is 344 g/mol. The molecule has 4 aromatic heterocycles. The van der Waals surface area contributed by atoms with E-state index in [2.05, 4.69) is 44.5 Å². The van der Waals surface area contributed by atoms with Crippen molar-refractivity contribution >= 4 is 11.2 Å². The first kappa shape index (κ1) is 15.3. The van der Waals surface area contributed by atoms with Crippen LogP contribution in [-0.4, -0.2) is 29.7 Å². The maximum absolute atomic E-state index is 4.77. The molecule has 1 saturated carbocycles. The predicted octanol–water partition coefficient (Wildman–Crippen LogP) is 3.91. The van der Waals surface area contributed by atoms with E-state index in [1.165, 1.54) is 24.1 Å². The molecule has 130 valence electrons. The Balaban J connectivity index is 1.61. The number of aromatic nitrogens is 6. The van der Waals surface area contributed by atoms with Crippen LogP contribution in [0.1, 0.15) is 24.2 Å². The average Bonchev–Trinajstić information content (AvgIpc) is 3.25. The number of nitrogens with one attached hydrogen (secondary N) is 1.